The van der Waals surface area contributed by atoms with Crippen molar-refractivity contribution in [2.24, 2.45) is 0 Å². The quantitative estimate of drug-likeness (QED) is 0.864. The van der Waals surface area contributed by atoms with E-state index in [1.54, 1.807) is 17.0 Å². The van der Waals surface area contributed by atoms with Gasteiger partial charge in [0.05, 0.1) is 6.54 Å². The van der Waals surface area contributed by atoms with Crippen molar-refractivity contribution in [3.63, 3.8) is 0 Å². The molecule has 0 aliphatic carbocycles. The van der Waals surface area contributed by atoms with Crippen LogP contribution in [0, 0.1) is 5.82 Å². The van der Waals surface area contributed by atoms with Gasteiger partial charge < -0.3 is 10.2 Å². The number of nitrogens with one attached hydrogen (secondary N) is 1. The van der Waals surface area contributed by atoms with Crippen LogP contribution >= 0.6 is 0 Å². The minimum absolute atomic E-state index is 0.0206. The van der Waals surface area contributed by atoms with Gasteiger partial charge in [-0.3, -0.25) is 14.5 Å². The predicted molar refractivity (Wildman–Crippen MR) is 90.9 cm³/mol. The molecule has 0 spiro atoms. The molecule has 1 saturated heterocycles. The van der Waals surface area contributed by atoms with Gasteiger partial charge in [0.2, 0.25) is 11.8 Å². The number of nitrogens with zero attached hydrogens (tertiary/aromatic N) is 2. The van der Waals surface area contributed by atoms with E-state index < -0.39 is 0 Å². The maximum Gasteiger partial charge on any atom is 0.242 e. The lowest BCUT2D eigenvalue weighted by Gasteiger charge is -2.38. The van der Waals surface area contributed by atoms with Gasteiger partial charge in [0.1, 0.15) is 5.82 Å². The van der Waals surface area contributed by atoms with E-state index >= 15 is 0 Å². The lowest BCUT2D eigenvalue weighted by Crippen LogP contribution is -2.51. The van der Waals surface area contributed by atoms with E-state index in [9.17, 15) is 14.0 Å². The van der Waals surface area contributed by atoms with Gasteiger partial charge in [0.15, 0.2) is 0 Å². The van der Waals surface area contributed by atoms with Crippen molar-refractivity contribution in [1.82, 2.24) is 15.1 Å². The lowest BCUT2D eigenvalue weighted by molar-refractivity contribution is -0.134. The highest BCUT2D eigenvalue weighted by Gasteiger charge is 2.25. The minimum Gasteiger partial charge on any atom is -0.347 e. The minimum atomic E-state index is -0.192. The molecule has 0 unspecified atom stereocenters. The standard InChI is InChI=1S/C18H26FN3O2/c1-3-6-17(23)20-13-18(24)22-11-9-21(10-12-22)14(2)15-7-4-5-8-16(15)19/h4-5,7-8,14H,3,6,9-13H2,1-2H3,(H,20,23)/t14-/m0/s1. The molecule has 0 saturated carbocycles. The zero-order chi connectivity index (χ0) is 17.5. The summed E-state index contributed by atoms with van der Waals surface area (Å²) in [5.41, 5.74) is 0.684. The van der Waals surface area contributed by atoms with E-state index in [2.05, 4.69) is 10.2 Å². The SMILES string of the molecule is CCCC(=O)NCC(=O)N1CCN([C@@H](C)c2ccccc2F)CC1. The molecule has 1 aromatic carbocycles. The number of amides is 2. The molecule has 0 radical (unpaired) electrons. The van der Waals surface area contributed by atoms with Crippen LogP contribution < -0.4 is 5.32 Å². The Bertz CT molecular complexity index is 571. The fourth-order valence-electron chi connectivity index (χ4n) is 2.97. The maximum absolute atomic E-state index is 13.9. The average molecular weight is 335 g/mol. The zero-order valence-corrected chi connectivity index (χ0v) is 14.4. The summed E-state index contributed by atoms with van der Waals surface area (Å²) in [5.74, 6) is -0.336. The highest BCUT2D eigenvalue weighted by atomic mass is 19.1. The molecule has 0 bridgehead atoms. The normalized spacial score (nSPS) is 16.7. The van der Waals surface area contributed by atoms with Gasteiger partial charge in [-0.25, -0.2) is 4.39 Å². The Balaban J connectivity index is 1.81. The molecule has 132 valence electrons. The summed E-state index contributed by atoms with van der Waals surface area (Å²) in [7, 11) is 0. The van der Waals surface area contributed by atoms with Gasteiger partial charge in [0, 0.05) is 44.2 Å². The molecule has 1 atom stereocenters. The van der Waals surface area contributed by atoms with Crippen LogP contribution in [0.3, 0.4) is 0 Å². The Morgan fingerprint density at radius 1 is 1.21 bits per heavy atom. The zero-order valence-electron chi connectivity index (χ0n) is 14.4. The molecule has 1 heterocycles. The van der Waals surface area contributed by atoms with Crippen molar-refractivity contribution in [1.29, 1.82) is 0 Å². The summed E-state index contributed by atoms with van der Waals surface area (Å²) in [6.45, 7) is 6.57. The fourth-order valence-corrected chi connectivity index (χ4v) is 2.97. The van der Waals surface area contributed by atoms with E-state index in [1.807, 2.05) is 19.9 Å². The van der Waals surface area contributed by atoms with Crippen LogP contribution in [0.1, 0.15) is 38.3 Å². The molecule has 24 heavy (non-hydrogen) atoms. The average Bonchev–Trinajstić information content (AvgIpc) is 2.60. The molecule has 5 nitrogen and oxygen atoms in total. The third kappa shape index (κ3) is 4.77. The number of rotatable bonds is 6. The number of carbonyl (C=O) groups is 2. The van der Waals surface area contributed by atoms with Crippen molar-refractivity contribution in [3.8, 4) is 0 Å². The van der Waals surface area contributed by atoms with E-state index in [1.165, 1.54) is 6.07 Å². The van der Waals surface area contributed by atoms with Gasteiger partial charge in [-0.2, -0.15) is 0 Å². The van der Waals surface area contributed by atoms with Crippen molar-refractivity contribution in [2.45, 2.75) is 32.7 Å². The number of hydrogen-bond donors (Lipinski definition) is 1. The van der Waals surface area contributed by atoms with Crippen molar-refractivity contribution < 1.29 is 14.0 Å². The third-order valence-corrected chi connectivity index (χ3v) is 4.48. The van der Waals surface area contributed by atoms with Crippen LogP contribution in [0.15, 0.2) is 24.3 Å². The summed E-state index contributed by atoms with van der Waals surface area (Å²) >= 11 is 0. The largest absolute Gasteiger partial charge is 0.347 e. The lowest BCUT2D eigenvalue weighted by atomic mass is 10.1. The van der Waals surface area contributed by atoms with Crippen molar-refractivity contribution in [3.05, 3.63) is 35.6 Å². The first-order valence-electron chi connectivity index (χ1n) is 8.56. The highest BCUT2D eigenvalue weighted by Crippen LogP contribution is 2.23. The van der Waals surface area contributed by atoms with E-state index in [4.69, 9.17) is 0 Å². The number of halogens is 1. The molecule has 1 aliphatic heterocycles. The van der Waals surface area contributed by atoms with Gasteiger partial charge in [-0.1, -0.05) is 25.1 Å². The van der Waals surface area contributed by atoms with Crippen molar-refractivity contribution >= 4 is 11.8 Å². The number of carbonyl (C=O) groups excluding carboxylic acids is 2. The molecule has 1 fully saturated rings. The fraction of sp³-hybridized carbons (Fsp3) is 0.556. The summed E-state index contributed by atoms with van der Waals surface area (Å²) in [5, 5.41) is 2.65. The third-order valence-electron chi connectivity index (χ3n) is 4.48. The summed E-state index contributed by atoms with van der Waals surface area (Å²) in [6, 6.07) is 6.79. The van der Waals surface area contributed by atoms with E-state index in [0.29, 0.717) is 38.2 Å². The van der Waals surface area contributed by atoms with Crippen LogP contribution in [-0.2, 0) is 9.59 Å². The van der Waals surface area contributed by atoms with Gasteiger partial charge in [-0.15, -0.1) is 0 Å². The second-order valence-corrected chi connectivity index (χ2v) is 6.14. The number of hydrogen-bond acceptors (Lipinski definition) is 3. The number of piperazine rings is 1. The molecule has 1 aromatic rings. The first kappa shape index (κ1) is 18.4. The second-order valence-electron chi connectivity index (χ2n) is 6.14. The van der Waals surface area contributed by atoms with E-state index in [-0.39, 0.29) is 30.2 Å². The Kier molecular flexibility index (Phi) is 6.73. The molecule has 2 amide bonds. The molecule has 6 heteroatoms. The summed E-state index contributed by atoms with van der Waals surface area (Å²) in [6.07, 6.45) is 1.22. The van der Waals surface area contributed by atoms with Gasteiger partial charge in [-0.05, 0) is 19.4 Å². The first-order chi connectivity index (χ1) is 11.5. The summed E-state index contributed by atoms with van der Waals surface area (Å²) in [4.78, 5) is 27.5. The van der Waals surface area contributed by atoms with Crippen LogP contribution in [-0.4, -0.2) is 54.3 Å². The molecule has 2 rings (SSSR count). The first-order valence-corrected chi connectivity index (χ1v) is 8.56. The van der Waals surface area contributed by atoms with Crippen LogP contribution in [0.25, 0.3) is 0 Å². The molecular formula is C18H26FN3O2. The predicted octanol–water partition coefficient (Wildman–Crippen LogP) is 1.95. The molecule has 1 aliphatic rings. The Hall–Kier alpha value is -1.95. The molecular weight excluding hydrogens is 309 g/mol. The van der Waals surface area contributed by atoms with Crippen LogP contribution in [0.5, 0.6) is 0 Å². The second kappa shape index (κ2) is 8.78. The monoisotopic (exact) mass is 335 g/mol. The Labute approximate surface area is 142 Å². The van der Waals surface area contributed by atoms with Gasteiger partial charge in [0.25, 0.3) is 0 Å². The topological polar surface area (TPSA) is 52.7 Å². The van der Waals surface area contributed by atoms with Crippen LogP contribution in [0.2, 0.25) is 0 Å². The van der Waals surface area contributed by atoms with Gasteiger partial charge >= 0.3 is 0 Å². The smallest absolute Gasteiger partial charge is 0.242 e. The van der Waals surface area contributed by atoms with Crippen LogP contribution in [0.4, 0.5) is 4.39 Å². The highest BCUT2D eigenvalue weighted by molar-refractivity contribution is 5.84. The number of benzene rings is 1. The van der Waals surface area contributed by atoms with E-state index in [0.717, 1.165) is 6.42 Å². The molecule has 0 aromatic heterocycles. The van der Waals surface area contributed by atoms with Crippen molar-refractivity contribution in [2.75, 3.05) is 32.7 Å². The maximum atomic E-state index is 13.9. The summed E-state index contributed by atoms with van der Waals surface area (Å²) < 4.78 is 13.9. The molecule has 1 N–H and O–H groups in total. The Morgan fingerprint density at radius 3 is 2.50 bits per heavy atom. The Morgan fingerprint density at radius 2 is 1.88 bits per heavy atom.